The Kier molecular flexibility index (Phi) is 5.72. The Hall–Kier alpha value is -3.45. The molecular formula is C26H30N6O. The standard InChI is InChI=1S/C26H30N6O/c1-18-7-5-13-27-25(18)29-24-10-4-9-21(28-24)20-8-6-14-32(17-20)16-19-11-12-22-23(15-19)31(3)26(33)30(22)2/h4-5,7,9-13,15,20H,6,8,14,16-17H2,1-3H3,(H,27,28,29). The fourth-order valence-corrected chi connectivity index (χ4v) is 4.84. The van der Waals surface area contributed by atoms with Crippen molar-refractivity contribution in [2.45, 2.75) is 32.2 Å². The highest BCUT2D eigenvalue weighted by Crippen LogP contribution is 2.28. The maximum Gasteiger partial charge on any atom is 0.328 e. The molecule has 4 aromatic rings. The number of likely N-dealkylation sites (tertiary alicyclic amines) is 1. The van der Waals surface area contributed by atoms with Crippen molar-refractivity contribution in [3.63, 3.8) is 0 Å². The Morgan fingerprint density at radius 2 is 1.91 bits per heavy atom. The molecule has 1 aliphatic heterocycles. The van der Waals surface area contributed by atoms with E-state index >= 15 is 0 Å². The molecule has 0 saturated carbocycles. The Morgan fingerprint density at radius 1 is 1.06 bits per heavy atom. The predicted molar refractivity (Wildman–Crippen MR) is 132 cm³/mol. The average molecular weight is 443 g/mol. The smallest absolute Gasteiger partial charge is 0.325 e. The van der Waals surface area contributed by atoms with Gasteiger partial charge in [0.05, 0.1) is 11.0 Å². The summed E-state index contributed by atoms with van der Waals surface area (Å²) in [6, 6.07) is 16.5. The number of aromatic nitrogens is 4. The summed E-state index contributed by atoms with van der Waals surface area (Å²) >= 11 is 0. The fraction of sp³-hybridized carbons (Fsp3) is 0.346. The van der Waals surface area contributed by atoms with Crippen LogP contribution in [0, 0.1) is 6.92 Å². The highest BCUT2D eigenvalue weighted by atomic mass is 16.1. The molecule has 0 spiro atoms. The number of fused-ring (bicyclic) bond motifs is 1. The van der Waals surface area contributed by atoms with Crippen LogP contribution in [0.5, 0.6) is 0 Å². The van der Waals surface area contributed by atoms with Gasteiger partial charge in [0, 0.05) is 45.0 Å². The minimum absolute atomic E-state index is 0.0145. The van der Waals surface area contributed by atoms with Gasteiger partial charge in [-0.15, -0.1) is 0 Å². The fourth-order valence-electron chi connectivity index (χ4n) is 4.84. The van der Waals surface area contributed by atoms with Crippen LogP contribution in [-0.4, -0.2) is 37.1 Å². The summed E-state index contributed by atoms with van der Waals surface area (Å²) in [5, 5.41) is 3.37. The second-order valence-electron chi connectivity index (χ2n) is 9.04. The molecule has 1 fully saturated rings. The first-order valence-corrected chi connectivity index (χ1v) is 11.5. The van der Waals surface area contributed by atoms with Crippen molar-refractivity contribution in [2.24, 2.45) is 14.1 Å². The van der Waals surface area contributed by atoms with Gasteiger partial charge in [-0.25, -0.2) is 14.8 Å². The molecule has 1 N–H and O–H groups in total. The lowest BCUT2D eigenvalue weighted by molar-refractivity contribution is 0.198. The number of hydrogen-bond acceptors (Lipinski definition) is 5. The molecule has 7 nitrogen and oxygen atoms in total. The van der Waals surface area contributed by atoms with Gasteiger partial charge in [0.15, 0.2) is 0 Å². The topological polar surface area (TPSA) is 68.0 Å². The summed E-state index contributed by atoms with van der Waals surface area (Å²) in [7, 11) is 3.66. The van der Waals surface area contributed by atoms with Crippen LogP contribution in [0.25, 0.3) is 11.0 Å². The van der Waals surface area contributed by atoms with Crippen LogP contribution in [0.15, 0.2) is 59.5 Å². The number of aryl methyl sites for hydroxylation is 3. The van der Waals surface area contributed by atoms with Crippen molar-refractivity contribution in [3.05, 3.63) is 82.0 Å². The maximum absolute atomic E-state index is 12.3. The van der Waals surface area contributed by atoms with Crippen molar-refractivity contribution in [1.29, 1.82) is 0 Å². The zero-order valence-electron chi connectivity index (χ0n) is 19.5. The third kappa shape index (κ3) is 4.28. The zero-order chi connectivity index (χ0) is 22.9. The van der Waals surface area contributed by atoms with Crippen molar-refractivity contribution in [1.82, 2.24) is 24.0 Å². The first-order valence-electron chi connectivity index (χ1n) is 11.5. The van der Waals surface area contributed by atoms with Gasteiger partial charge < -0.3 is 5.32 Å². The zero-order valence-corrected chi connectivity index (χ0v) is 19.5. The number of pyridine rings is 2. The molecular weight excluding hydrogens is 412 g/mol. The number of nitrogens with one attached hydrogen (secondary N) is 1. The minimum atomic E-state index is 0.0145. The van der Waals surface area contributed by atoms with Gasteiger partial charge in [0.2, 0.25) is 0 Å². The molecule has 3 aromatic heterocycles. The van der Waals surface area contributed by atoms with E-state index in [4.69, 9.17) is 4.98 Å². The lowest BCUT2D eigenvalue weighted by Crippen LogP contribution is -2.34. The van der Waals surface area contributed by atoms with Gasteiger partial charge in [-0.2, -0.15) is 0 Å². The lowest BCUT2D eigenvalue weighted by Gasteiger charge is -2.32. The first-order chi connectivity index (χ1) is 16.0. The van der Waals surface area contributed by atoms with Crippen LogP contribution in [0.2, 0.25) is 0 Å². The van der Waals surface area contributed by atoms with E-state index in [1.54, 1.807) is 15.3 Å². The number of benzene rings is 1. The highest BCUT2D eigenvalue weighted by molar-refractivity contribution is 5.76. The van der Waals surface area contributed by atoms with E-state index in [9.17, 15) is 4.79 Å². The number of imidazole rings is 1. The van der Waals surface area contributed by atoms with E-state index < -0.39 is 0 Å². The Balaban J connectivity index is 1.31. The van der Waals surface area contributed by atoms with Gasteiger partial charge in [-0.3, -0.25) is 14.0 Å². The third-order valence-electron chi connectivity index (χ3n) is 6.69. The van der Waals surface area contributed by atoms with Crippen LogP contribution < -0.4 is 11.0 Å². The molecule has 1 unspecified atom stereocenters. The Bertz CT molecular complexity index is 1350. The minimum Gasteiger partial charge on any atom is -0.325 e. The normalized spacial score (nSPS) is 16.9. The summed E-state index contributed by atoms with van der Waals surface area (Å²) in [6.07, 6.45) is 4.08. The summed E-state index contributed by atoms with van der Waals surface area (Å²) in [6.45, 7) is 4.97. The van der Waals surface area contributed by atoms with Crippen molar-refractivity contribution < 1.29 is 0 Å². The number of rotatable bonds is 5. The van der Waals surface area contributed by atoms with E-state index in [1.165, 1.54) is 5.56 Å². The van der Waals surface area contributed by atoms with Gasteiger partial charge in [0.1, 0.15) is 11.6 Å². The van der Waals surface area contributed by atoms with Crippen LogP contribution >= 0.6 is 0 Å². The first kappa shape index (κ1) is 21.4. The monoisotopic (exact) mass is 442 g/mol. The third-order valence-corrected chi connectivity index (χ3v) is 6.69. The SMILES string of the molecule is Cc1cccnc1Nc1cccc(C2CCCN(Cc3ccc4c(c3)n(C)c(=O)n4C)C2)n1. The number of piperidine rings is 1. The molecule has 0 aliphatic carbocycles. The van der Waals surface area contributed by atoms with Crippen LogP contribution in [-0.2, 0) is 20.6 Å². The second kappa shape index (κ2) is 8.83. The summed E-state index contributed by atoms with van der Waals surface area (Å²) in [5.74, 6) is 2.08. The van der Waals surface area contributed by atoms with E-state index in [1.807, 2.05) is 39.2 Å². The van der Waals surface area contributed by atoms with Crippen LogP contribution in [0.3, 0.4) is 0 Å². The van der Waals surface area contributed by atoms with Gasteiger partial charge in [-0.1, -0.05) is 18.2 Å². The molecule has 0 radical (unpaired) electrons. The van der Waals surface area contributed by atoms with Crippen molar-refractivity contribution >= 4 is 22.7 Å². The molecule has 33 heavy (non-hydrogen) atoms. The maximum atomic E-state index is 12.3. The molecule has 1 saturated heterocycles. The molecule has 1 aliphatic rings. The largest absolute Gasteiger partial charge is 0.328 e. The van der Waals surface area contributed by atoms with E-state index in [-0.39, 0.29) is 5.69 Å². The summed E-state index contributed by atoms with van der Waals surface area (Å²) in [5.41, 5.74) is 5.43. The van der Waals surface area contributed by atoms with E-state index in [2.05, 4.69) is 45.5 Å². The predicted octanol–water partition coefficient (Wildman–Crippen LogP) is 4.10. The quantitative estimate of drug-likeness (QED) is 0.504. The molecule has 170 valence electrons. The van der Waals surface area contributed by atoms with E-state index in [0.717, 1.165) is 66.4 Å². The van der Waals surface area contributed by atoms with Gasteiger partial charge in [0.25, 0.3) is 0 Å². The summed E-state index contributed by atoms with van der Waals surface area (Å²) in [4.78, 5) is 24.1. The Morgan fingerprint density at radius 3 is 2.76 bits per heavy atom. The van der Waals surface area contributed by atoms with E-state index in [0.29, 0.717) is 5.92 Å². The molecule has 7 heteroatoms. The van der Waals surface area contributed by atoms with Crippen LogP contribution in [0.1, 0.15) is 35.6 Å². The molecule has 4 heterocycles. The molecule has 0 bridgehead atoms. The number of anilines is 2. The molecule has 0 amide bonds. The summed E-state index contributed by atoms with van der Waals surface area (Å²) < 4.78 is 3.43. The van der Waals surface area contributed by atoms with Gasteiger partial charge >= 0.3 is 5.69 Å². The molecule has 5 rings (SSSR count). The average Bonchev–Trinajstić information content (AvgIpc) is 3.04. The number of nitrogens with zero attached hydrogens (tertiary/aromatic N) is 5. The van der Waals surface area contributed by atoms with Gasteiger partial charge in [-0.05, 0) is 67.8 Å². The van der Waals surface area contributed by atoms with Crippen LogP contribution in [0.4, 0.5) is 11.6 Å². The number of hydrogen-bond donors (Lipinski definition) is 1. The lowest BCUT2D eigenvalue weighted by atomic mass is 9.94. The highest BCUT2D eigenvalue weighted by Gasteiger charge is 2.23. The molecule has 1 atom stereocenters. The van der Waals surface area contributed by atoms with Crippen molar-refractivity contribution in [3.8, 4) is 0 Å². The Labute approximate surface area is 193 Å². The molecule has 1 aromatic carbocycles. The second-order valence-corrected chi connectivity index (χ2v) is 9.04. The van der Waals surface area contributed by atoms with Crippen molar-refractivity contribution in [2.75, 3.05) is 18.4 Å².